The Morgan fingerprint density at radius 1 is 1.04 bits per heavy atom. The number of nitrogens with zero attached hydrogens (tertiary/aromatic N) is 1. The summed E-state index contributed by atoms with van der Waals surface area (Å²) in [6, 6.07) is 10.1. The van der Waals surface area contributed by atoms with Gasteiger partial charge in [-0.2, -0.15) is 0 Å². The van der Waals surface area contributed by atoms with E-state index in [-0.39, 0.29) is 23.6 Å². The Labute approximate surface area is 145 Å². The van der Waals surface area contributed by atoms with Crippen LogP contribution in [0.4, 0.5) is 5.69 Å². The molecule has 6 heteroatoms. The molecule has 124 valence electrons. The second kappa shape index (κ2) is 7.45. The first kappa shape index (κ1) is 16.5. The van der Waals surface area contributed by atoms with Crippen LogP contribution in [-0.4, -0.2) is 22.8 Å². The zero-order valence-electron chi connectivity index (χ0n) is 13.1. The number of aromatic nitrogens is 1. The third kappa shape index (κ3) is 4.11. The molecule has 2 N–H and O–H groups in total. The third-order valence-corrected chi connectivity index (χ3v) is 4.30. The van der Waals surface area contributed by atoms with E-state index in [1.54, 1.807) is 30.3 Å². The highest BCUT2D eigenvalue weighted by Gasteiger charge is 2.19. The minimum atomic E-state index is -0.368. The van der Waals surface area contributed by atoms with Gasteiger partial charge in [0.25, 0.3) is 11.8 Å². The van der Waals surface area contributed by atoms with E-state index >= 15 is 0 Å². The molecule has 5 nitrogen and oxygen atoms in total. The number of rotatable bonds is 4. The molecule has 24 heavy (non-hydrogen) atoms. The van der Waals surface area contributed by atoms with Gasteiger partial charge < -0.3 is 10.6 Å². The van der Waals surface area contributed by atoms with Crippen LogP contribution in [0.3, 0.4) is 0 Å². The first-order valence-electron chi connectivity index (χ1n) is 7.95. The molecule has 0 saturated heterocycles. The molecule has 1 heterocycles. The fraction of sp³-hybridized carbons (Fsp3) is 0.278. The second-order valence-electron chi connectivity index (χ2n) is 5.85. The zero-order chi connectivity index (χ0) is 16.9. The van der Waals surface area contributed by atoms with Crippen molar-refractivity contribution in [1.82, 2.24) is 10.3 Å². The maximum absolute atomic E-state index is 12.3. The highest BCUT2D eigenvalue weighted by Crippen LogP contribution is 2.18. The molecule has 0 bridgehead atoms. The van der Waals surface area contributed by atoms with Crippen molar-refractivity contribution in [3.63, 3.8) is 0 Å². The van der Waals surface area contributed by atoms with Crippen LogP contribution in [0.2, 0.25) is 5.02 Å². The summed E-state index contributed by atoms with van der Waals surface area (Å²) in [5.74, 6) is -0.530. The molecular formula is C18H18ClN3O2. The minimum Gasteiger partial charge on any atom is -0.349 e. The Bertz CT molecular complexity index is 740. The maximum atomic E-state index is 12.3. The van der Waals surface area contributed by atoms with Crippen LogP contribution in [0.15, 0.2) is 42.6 Å². The molecule has 1 saturated carbocycles. The van der Waals surface area contributed by atoms with Gasteiger partial charge in [0.2, 0.25) is 0 Å². The van der Waals surface area contributed by atoms with Gasteiger partial charge in [-0.25, -0.2) is 0 Å². The Balaban J connectivity index is 1.68. The topological polar surface area (TPSA) is 71.1 Å². The predicted molar refractivity (Wildman–Crippen MR) is 93.4 cm³/mol. The third-order valence-electron chi connectivity index (χ3n) is 4.05. The number of carbonyl (C=O) groups is 2. The van der Waals surface area contributed by atoms with Gasteiger partial charge in [0.1, 0.15) is 5.69 Å². The first-order valence-corrected chi connectivity index (χ1v) is 8.33. The standard InChI is InChI=1S/C18H18ClN3O2/c19-13-5-7-15(8-6-13)22-18(24)16-11-12(9-10-20-16)17(23)21-14-3-1-2-4-14/h5-11,14H,1-4H2,(H,21,23)(H,22,24). The molecule has 2 aromatic rings. The molecule has 0 atom stereocenters. The van der Waals surface area contributed by atoms with E-state index in [2.05, 4.69) is 15.6 Å². The lowest BCUT2D eigenvalue weighted by molar-refractivity contribution is 0.0937. The summed E-state index contributed by atoms with van der Waals surface area (Å²) in [5.41, 5.74) is 1.26. The molecule has 0 unspecified atom stereocenters. The number of hydrogen-bond acceptors (Lipinski definition) is 3. The smallest absolute Gasteiger partial charge is 0.274 e. The van der Waals surface area contributed by atoms with Crippen molar-refractivity contribution in [1.29, 1.82) is 0 Å². The van der Waals surface area contributed by atoms with E-state index in [0.29, 0.717) is 16.3 Å². The fourth-order valence-electron chi connectivity index (χ4n) is 2.76. The van der Waals surface area contributed by atoms with Gasteiger partial charge in [0, 0.05) is 28.5 Å². The number of pyridine rings is 1. The van der Waals surface area contributed by atoms with Crippen LogP contribution < -0.4 is 10.6 Å². The van der Waals surface area contributed by atoms with Crippen LogP contribution in [-0.2, 0) is 0 Å². The molecule has 0 aliphatic heterocycles. The molecule has 1 fully saturated rings. The lowest BCUT2D eigenvalue weighted by Gasteiger charge is -2.12. The van der Waals surface area contributed by atoms with Crippen molar-refractivity contribution >= 4 is 29.1 Å². The van der Waals surface area contributed by atoms with Crippen LogP contribution in [0.25, 0.3) is 0 Å². The second-order valence-corrected chi connectivity index (χ2v) is 6.28. The van der Waals surface area contributed by atoms with Crippen LogP contribution >= 0.6 is 11.6 Å². The summed E-state index contributed by atoms with van der Waals surface area (Å²) in [6.07, 6.45) is 5.80. The van der Waals surface area contributed by atoms with Crippen LogP contribution in [0.1, 0.15) is 46.5 Å². The maximum Gasteiger partial charge on any atom is 0.274 e. The van der Waals surface area contributed by atoms with Crippen LogP contribution in [0.5, 0.6) is 0 Å². The molecule has 1 aromatic carbocycles. The first-order chi connectivity index (χ1) is 11.6. The summed E-state index contributed by atoms with van der Waals surface area (Å²) in [4.78, 5) is 28.6. The molecule has 2 amide bonds. The van der Waals surface area contributed by atoms with Crippen molar-refractivity contribution in [3.8, 4) is 0 Å². The zero-order valence-corrected chi connectivity index (χ0v) is 13.8. The van der Waals surface area contributed by atoms with Crippen molar-refractivity contribution in [3.05, 3.63) is 58.9 Å². The minimum absolute atomic E-state index is 0.162. The molecule has 1 aliphatic carbocycles. The van der Waals surface area contributed by atoms with E-state index in [9.17, 15) is 9.59 Å². The average Bonchev–Trinajstić information content (AvgIpc) is 3.10. The SMILES string of the molecule is O=C(NC1CCCC1)c1ccnc(C(=O)Nc2ccc(Cl)cc2)c1. The van der Waals surface area contributed by atoms with Crippen molar-refractivity contribution in [2.75, 3.05) is 5.32 Å². The van der Waals surface area contributed by atoms with Crippen molar-refractivity contribution < 1.29 is 9.59 Å². The molecule has 1 aliphatic rings. The highest BCUT2D eigenvalue weighted by atomic mass is 35.5. The van der Waals surface area contributed by atoms with E-state index in [1.165, 1.54) is 12.3 Å². The Morgan fingerprint density at radius 2 is 1.75 bits per heavy atom. The summed E-state index contributed by atoms with van der Waals surface area (Å²) in [5, 5.41) is 6.33. The molecular weight excluding hydrogens is 326 g/mol. The number of amides is 2. The largest absolute Gasteiger partial charge is 0.349 e. The molecule has 0 spiro atoms. The van der Waals surface area contributed by atoms with E-state index < -0.39 is 0 Å². The summed E-state index contributed by atoms with van der Waals surface area (Å²) in [7, 11) is 0. The number of carbonyl (C=O) groups excluding carboxylic acids is 2. The summed E-state index contributed by atoms with van der Waals surface area (Å²) >= 11 is 5.82. The van der Waals surface area contributed by atoms with Crippen molar-refractivity contribution in [2.45, 2.75) is 31.7 Å². The van der Waals surface area contributed by atoms with E-state index in [1.807, 2.05) is 0 Å². The fourth-order valence-corrected chi connectivity index (χ4v) is 2.89. The van der Waals surface area contributed by atoms with Gasteiger partial charge in [-0.1, -0.05) is 24.4 Å². The number of benzene rings is 1. The van der Waals surface area contributed by atoms with Gasteiger partial charge in [-0.05, 0) is 49.2 Å². The Kier molecular flexibility index (Phi) is 5.11. The summed E-state index contributed by atoms with van der Waals surface area (Å²) in [6.45, 7) is 0. The summed E-state index contributed by atoms with van der Waals surface area (Å²) < 4.78 is 0. The monoisotopic (exact) mass is 343 g/mol. The molecule has 3 rings (SSSR count). The Hall–Kier alpha value is -2.40. The average molecular weight is 344 g/mol. The number of hydrogen-bond donors (Lipinski definition) is 2. The quantitative estimate of drug-likeness (QED) is 0.890. The van der Waals surface area contributed by atoms with Gasteiger partial charge in [0.15, 0.2) is 0 Å². The van der Waals surface area contributed by atoms with Gasteiger partial charge in [-0.15, -0.1) is 0 Å². The van der Waals surface area contributed by atoms with Gasteiger partial charge in [-0.3, -0.25) is 14.6 Å². The van der Waals surface area contributed by atoms with Gasteiger partial charge >= 0.3 is 0 Å². The van der Waals surface area contributed by atoms with E-state index in [4.69, 9.17) is 11.6 Å². The highest BCUT2D eigenvalue weighted by molar-refractivity contribution is 6.30. The number of nitrogens with one attached hydrogen (secondary N) is 2. The normalized spacial score (nSPS) is 14.4. The number of anilines is 1. The van der Waals surface area contributed by atoms with Crippen LogP contribution in [0, 0.1) is 0 Å². The number of halogens is 1. The van der Waals surface area contributed by atoms with E-state index in [0.717, 1.165) is 25.7 Å². The Morgan fingerprint density at radius 3 is 2.46 bits per heavy atom. The van der Waals surface area contributed by atoms with Crippen molar-refractivity contribution in [2.24, 2.45) is 0 Å². The molecule has 0 radical (unpaired) electrons. The lowest BCUT2D eigenvalue weighted by atomic mass is 10.1. The van der Waals surface area contributed by atoms with Gasteiger partial charge in [0.05, 0.1) is 0 Å². The lowest BCUT2D eigenvalue weighted by Crippen LogP contribution is -2.32. The molecule has 1 aromatic heterocycles. The predicted octanol–water partition coefficient (Wildman–Crippen LogP) is 3.66.